The Hall–Kier alpha value is -2.04. The van der Waals surface area contributed by atoms with Gasteiger partial charge in [0.05, 0.1) is 13.0 Å². The highest BCUT2D eigenvalue weighted by atomic mass is 16.5. The lowest BCUT2D eigenvalue weighted by atomic mass is 10.1. The van der Waals surface area contributed by atoms with Crippen LogP contribution in [0.25, 0.3) is 0 Å². The molecule has 21 heavy (non-hydrogen) atoms. The highest BCUT2D eigenvalue weighted by molar-refractivity contribution is 5.79. The van der Waals surface area contributed by atoms with Crippen molar-refractivity contribution in [3.8, 4) is 5.75 Å². The van der Waals surface area contributed by atoms with E-state index in [2.05, 4.69) is 5.32 Å². The van der Waals surface area contributed by atoms with E-state index in [1.165, 1.54) is 0 Å². The average Bonchev–Trinajstić information content (AvgIpc) is 2.43. The zero-order valence-corrected chi connectivity index (χ0v) is 12.6. The van der Waals surface area contributed by atoms with Crippen LogP contribution in [0.3, 0.4) is 0 Å². The molecule has 0 saturated carbocycles. The second-order valence-corrected chi connectivity index (χ2v) is 5.07. The molecule has 0 aliphatic rings. The standard InChI is InChI=1S/C16H23NO4/c1-3-9-21-14-6-4-5-13(10-14)11-15(18)17-12(2)7-8-16(19)20/h4-6,10,12H,3,7-9,11H2,1-2H3,(H,17,18)(H,19,20). The van der Waals surface area contributed by atoms with Crippen LogP contribution >= 0.6 is 0 Å². The molecule has 0 heterocycles. The highest BCUT2D eigenvalue weighted by Gasteiger charge is 2.10. The Balaban J connectivity index is 2.45. The molecule has 5 nitrogen and oxygen atoms in total. The van der Waals surface area contributed by atoms with Crippen molar-refractivity contribution in [2.75, 3.05) is 6.61 Å². The predicted molar refractivity (Wildman–Crippen MR) is 80.4 cm³/mol. The van der Waals surface area contributed by atoms with Crippen LogP contribution < -0.4 is 10.1 Å². The van der Waals surface area contributed by atoms with Gasteiger partial charge >= 0.3 is 5.97 Å². The summed E-state index contributed by atoms with van der Waals surface area (Å²) in [5, 5.41) is 11.4. The molecule has 1 rings (SSSR count). The third-order valence-electron chi connectivity index (χ3n) is 2.93. The number of amides is 1. The van der Waals surface area contributed by atoms with Gasteiger partial charge in [0.1, 0.15) is 5.75 Å². The molecule has 1 amide bonds. The van der Waals surface area contributed by atoms with E-state index in [-0.39, 0.29) is 24.8 Å². The Morgan fingerprint density at radius 1 is 1.38 bits per heavy atom. The van der Waals surface area contributed by atoms with Gasteiger partial charge in [0.15, 0.2) is 0 Å². The molecule has 116 valence electrons. The van der Waals surface area contributed by atoms with Gasteiger partial charge in [-0.05, 0) is 37.5 Å². The van der Waals surface area contributed by atoms with E-state index in [0.29, 0.717) is 13.0 Å². The van der Waals surface area contributed by atoms with Gasteiger partial charge < -0.3 is 15.2 Å². The number of hydrogen-bond donors (Lipinski definition) is 2. The van der Waals surface area contributed by atoms with Crippen LogP contribution in [0, 0.1) is 0 Å². The largest absolute Gasteiger partial charge is 0.494 e. The third-order valence-corrected chi connectivity index (χ3v) is 2.93. The fourth-order valence-electron chi connectivity index (χ4n) is 1.89. The Kier molecular flexibility index (Phi) is 7.29. The van der Waals surface area contributed by atoms with Gasteiger partial charge in [-0.3, -0.25) is 9.59 Å². The smallest absolute Gasteiger partial charge is 0.303 e. The van der Waals surface area contributed by atoms with E-state index in [0.717, 1.165) is 17.7 Å². The maximum atomic E-state index is 11.9. The number of carbonyl (C=O) groups excluding carboxylic acids is 1. The number of carbonyl (C=O) groups is 2. The fourth-order valence-corrected chi connectivity index (χ4v) is 1.89. The van der Waals surface area contributed by atoms with Crippen LogP contribution in [0.5, 0.6) is 5.75 Å². The summed E-state index contributed by atoms with van der Waals surface area (Å²) in [6.45, 7) is 4.50. The summed E-state index contributed by atoms with van der Waals surface area (Å²) in [6.07, 6.45) is 1.69. The van der Waals surface area contributed by atoms with Gasteiger partial charge in [-0.15, -0.1) is 0 Å². The van der Waals surface area contributed by atoms with Gasteiger partial charge in [0.25, 0.3) is 0 Å². The highest BCUT2D eigenvalue weighted by Crippen LogP contribution is 2.14. The number of carboxylic acids is 1. The number of nitrogens with one attached hydrogen (secondary N) is 1. The monoisotopic (exact) mass is 293 g/mol. The van der Waals surface area contributed by atoms with Crippen LogP contribution in [-0.4, -0.2) is 29.6 Å². The van der Waals surface area contributed by atoms with Crippen molar-refractivity contribution in [1.82, 2.24) is 5.32 Å². The number of aliphatic carboxylic acids is 1. The molecule has 0 aliphatic heterocycles. The molecule has 1 aromatic carbocycles. The molecule has 0 fully saturated rings. The van der Waals surface area contributed by atoms with Crippen molar-refractivity contribution in [3.63, 3.8) is 0 Å². The van der Waals surface area contributed by atoms with E-state index in [4.69, 9.17) is 9.84 Å². The Morgan fingerprint density at radius 3 is 2.81 bits per heavy atom. The maximum Gasteiger partial charge on any atom is 0.303 e. The number of rotatable bonds is 9. The van der Waals surface area contributed by atoms with Crippen molar-refractivity contribution in [2.45, 2.75) is 45.6 Å². The van der Waals surface area contributed by atoms with Crippen LogP contribution in [0.15, 0.2) is 24.3 Å². The first-order valence-electron chi connectivity index (χ1n) is 7.24. The van der Waals surface area contributed by atoms with E-state index < -0.39 is 5.97 Å². The first kappa shape index (κ1) is 17.0. The summed E-state index contributed by atoms with van der Waals surface area (Å²) in [7, 11) is 0. The molecule has 0 spiro atoms. The number of ether oxygens (including phenoxy) is 1. The Bertz CT molecular complexity index is 473. The van der Waals surface area contributed by atoms with E-state index in [1.807, 2.05) is 38.1 Å². The van der Waals surface area contributed by atoms with Crippen molar-refractivity contribution in [1.29, 1.82) is 0 Å². The van der Waals surface area contributed by atoms with Crippen LogP contribution in [-0.2, 0) is 16.0 Å². The van der Waals surface area contributed by atoms with Crippen molar-refractivity contribution in [3.05, 3.63) is 29.8 Å². The Morgan fingerprint density at radius 2 is 2.14 bits per heavy atom. The number of benzene rings is 1. The number of carboxylic acid groups (broad SMARTS) is 1. The SMILES string of the molecule is CCCOc1cccc(CC(=O)NC(C)CCC(=O)O)c1. The molecule has 1 unspecified atom stereocenters. The predicted octanol–water partition coefficient (Wildman–Crippen LogP) is 2.39. The van der Waals surface area contributed by atoms with Crippen LogP contribution in [0.4, 0.5) is 0 Å². The first-order chi connectivity index (χ1) is 10.0. The lowest BCUT2D eigenvalue weighted by Crippen LogP contribution is -2.34. The maximum absolute atomic E-state index is 11.9. The van der Waals surface area contributed by atoms with Gasteiger partial charge in [-0.2, -0.15) is 0 Å². The molecule has 0 saturated heterocycles. The molecule has 0 aliphatic carbocycles. The first-order valence-corrected chi connectivity index (χ1v) is 7.24. The van der Waals surface area contributed by atoms with Gasteiger partial charge in [0.2, 0.25) is 5.91 Å². The quantitative estimate of drug-likeness (QED) is 0.733. The van der Waals surface area contributed by atoms with E-state index in [9.17, 15) is 9.59 Å². The van der Waals surface area contributed by atoms with Gasteiger partial charge in [-0.1, -0.05) is 19.1 Å². The molecule has 0 bridgehead atoms. The lowest BCUT2D eigenvalue weighted by molar-refractivity contribution is -0.137. The molecule has 5 heteroatoms. The van der Waals surface area contributed by atoms with Gasteiger partial charge in [0, 0.05) is 12.5 Å². The molecular weight excluding hydrogens is 270 g/mol. The second kappa shape index (κ2) is 9.00. The van der Waals surface area contributed by atoms with E-state index >= 15 is 0 Å². The van der Waals surface area contributed by atoms with Gasteiger partial charge in [-0.25, -0.2) is 0 Å². The average molecular weight is 293 g/mol. The summed E-state index contributed by atoms with van der Waals surface area (Å²) < 4.78 is 5.53. The summed E-state index contributed by atoms with van der Waals surface area (Å²) in [5.74, 6) is -0.196. The van der Waals surface area contributed by atoms with Crippen LogP contribution in [0.1, 0.15) is 38.7 Å². The van der Waals surface area contributed by atoms with Crippen molar-refractivity contribution in [2.24, 2.45) is 0 Å². The minimum absolute atomic E-state index is 0.0573. The molecule has 0 radical (unpaired) electrons. The normalized spacial score (nSPS) is 11.7. The zero-order chi connectivity index (χ0) is 15.7. The van der Waals surface area contributed by atoms with Crippen molar-refractivity contribution >= 4 is 11.9 Å². The molecule has 0 aromatic heterocycles. The molecule has 1 atom stereocenters. The second-order valence-electron chi connectivity index (χ2n) is 5.07. The van der Waals surface area contributed by atoms with Crippen molar-refractivity contribution < 1.29 is 19.4 Å². The lowest BCUT2D eigenvalue weighted by Gasteiger charge is -2.13. The molecular formula is C16H23NO4. The minimum atomic E-state index is -0.850. The molecule has 1 aromatic rings. The molecule has 2 N–H and O–H groups in total. The summed E-state index contributed by atoms with van der Waals surface area (Å²) in [6, 6.07) is 7.32. The summed E-state index contributed by atoms with van der Waals surface area (Å²) in [5.41, 5.74) is 0.881. The van der Waals surface area contributed by atoms with E-state index in [1.54, 1.807) is 0 Å². The van der Waals surface area contributed by atoms with Crippen LogP contribution in [0.2, 0.25) is 0 Å². The Labute approximate surface area is 125 Å². The minimum Gasteiger partial charge on any atom is -0.494 e. The summed E-state index contributed by atoms with van der Waals surface area (Å²) in [4.78, 5) is 22.4. The fraction of sp³-hybridized carbons (Fsp3) is 0.500. The zero-order valence-electron chi connectivity index (χ0n) is 12.6. The summed E-state index contributed by atoms with van der Waals surface area (Å²) >= 11 is 0. The topological polar surface area (TPSA) is 75.6 Å². The third kappa shape index (κ3) is 7.34. The number of hydrogen-bond acceptors (Lipinski definition) is 3.